The van der Waals surface area contributed by atoms with Crippen molar-refractivity contribution in [2.45, 2.75) is 0 Å². The van der Waals surface area contributed by atoms with Gasteiger partial charge in [-0.25, -0.2) is 0 Å². The summed E-state index contributed by atoms with van der Waals surface area (Å²) in [6, 6.07) is 45.9. The lowest BCUT2D eigenvalue weighted by Gasteiger charge is -2.18. The third kappa shape index (κ3) is 3.17. The molecule has 2 nitrogen and oxygen atoms in total. The Labute approximate surface area is 250 Å². The first kappa shape index (κ1) is 23.2. The normalized spacial score (nSPS) is 12.2. The van der Waals surface area contributed by atoms with Gasteiger partial charge in [-0.3, -0.25) is 0 Å². The van der Waals surface area contributed by atoms with Gasteiger partial charge in [0, 0.05) is 53.0 Å². The Bertz CT molecular complexity index is 2680. The van der Waals surface area contributed by atoms with Gasteiger partial charge in [0.05, 0.1) is 6.26 Å². The van der Waals surface area contributed by atoms with Crippen LogP contribution in [-0.2, 0) is 0 Å². The predicted octanol–water partition coefficient (Wildman–Crippen LogP) is 12.3. The van der Waals surface area contributed by atoms with Gasteiger partial charge in [0.1, 0.15) is 16.7 Å². The van der Waals surface area contributed by atoms with Gasteiger partial charge in [-0.05, 0) is 51.4 Å². The van der Waals surface area contributed by atoms with Crippen molar-refractivity contribution < 1.29 is 8.83 Å². The maximum Gasteiger partial charge on any atom is 0.143 e. The highest BCUT2D eigenvalue weighted by molar-refractivity contribution is 7.26. The molecule has 3 aromatic heterocycles. The molecule has 0 N–H and O–H groups in total. The highest BCUT2D eigenvalue weighted by atomic mass is 32.1. The molecule has 0 bridgehead atoms. The Morgan fingerprint density at radius 2 is 1.05 bits per heavy atom. The smallest absolute Gasteiger partial charge is 0.143 e. The molecule has 10 rings (SSSR count). The van der Waals surface area contributed by atoms with Crippen LogP contribution in [-0.4, -0.2) is 0 Å². The summed E-state index contributed by atoms with van der Waals surface area (Å²) in [7, 11) is 0. The van der Waals surface area contributed by atoms with Crippen molar-refractivity contribution in [1.82, 2.24) is 0 Å². The second-order valence-corrected chi connectivity index (χ2v) is 12.3. The fourth-order valence-corrected chi connectivity index (χ4v) is 8.32. The number of benzene rings is 7. The lowest BCUT2D eigenvalue weighted by molar-refractivity contribution is 0.616. The fourth-order valence-electron chi connectivity index (χ4n) is 7.10. The maximum atomic E-state index is 6.68. The molecule has 0 amide bonds. The number of furan rings is 2. The van der Waals surface area contributed by atoms with Crippen molar-refractivity contribution in [2.75, 3.05) is 0 Å². The third-order valence-corrected chi connectivity index (χ3v) is 10.2. The Kier molecular flexibility index (Phi) is 4.63. The van der Waals surface area contributed by atoms with Crippen LogP contribution in [0.15, 0.2) is 142 Å². The molecule has 0 fully saturated rings. The topological polar surface area (TPSA) is 26.3 Å². The van der Waals surface area contributed by atoms with E-state index in [1.807, 2.05) is 17.4 Å². The van der Waals surface area contributed by atoms with Crippen molar-refractivity contribution in [1.29, 1.82) is 0 Å². The molecular formula is C40H22O2S. The van der Waals surface area contributed by atoms with E-state index in [4.69, 9.17) is 8.83 Å². The zero-order valence-corrected chi connectivity index (χ0v) is 23.7. The predicted molar refractivity (Wildman–Crippen MR) is 182 cm³/mol. The van der Waals surface area contributed by atoms with E-state index >= 15 is 0 Å². The molecule has 0 radical (unpaired) electrons. The minimum absolute atomic E-state index is 0.872. The van der Waals surface area contributed by atoms with E-state index in [-0.39, 0.29) is 0 Å². The largest absolute Gasteiger partial charge is 0.464 e. The number of para-hydroxylation sites is 1. The number of hydrogen-bond donors (Lipinski definition) is 0. The molecule has 0 unspecified atom stereocenters. The molecule has 10 aromatic rings. The zero-order valence-electron chi connectivity index (χ0n) is 22.9. The standard InChI is InChI=1S/C40H22O2S/c1-3-12-27-25(10-1)37(31-16-7-14-29-33-22-34-23(19-20-41-34)21-35(33)42-39(29)31)26-11-2-4-13-28(26)38(27)32-17-8-15-30-24-9-5-6-18-36(24)43-40(30)32/h1-22H. The Hall–Kier alpha value is -5.38. The first-order valence-electron chi connectivity index (χ1n) is 14.5. The molecule has 7 aromatic carbocycles. The van der Waals surface area contributed by atoms with Crippen LogP contribution in [0.3, 0.4) is 0 Å². The molecule has 0 aliphatic heterocycles. The second-order valence-electron chi connectivity index (χ2n) is 11.2. The molecule has 0 saturated carbocycles. The third-order valence-electron chi connectivity index (χ3n) is 8.95. The second kappa shape index (κ2) is 8.57. The van der Waals surface area contributed by atoms with Crippen molar-refractivity contribution in [2.24, 2.45) is 0 Å². The Morgan fingerprint density at radius 1 is 0.442 bits per heavy atom. The SMILES string of the molecule is c1ccc2c(c1)sc1c(-c3c4ccccc4c(-c4cccc5c4oc4cc6ccoc6cc45)c4ccccc34)cccc12. The van der Waals surface area contributed by atoms with Gasteiger partial charge >= 0.3 is 0 Å². The quantitative estimate of drug-likeness (QED) is 0.195. The summed E-state index contributed by atoms with van der Waals surface area (Å²) in [4.78, 5) is 0. The molecule has 43 heavy (non-hydrogen) atoms. The number of thiophene rings is 1. The highest BCUT2D eigenvalue weighted by Crippen LogP contribution is 2.49. The molecule has 0 saturated heterocycles. The highest BCUT2D eigenvalue weighted by Gasteiger charge is 2.22. The van der Waals surface area contributed by atoms with E-state index in [2.05, 4.69) is 121 Å². The maximum absolute atomic E-state index is 6.68. The monoisotopic (exact) mass is 566 g/mol. The van der Waals surface area contributed by atoms with Crippen LogP contribution >= 0.6 is 11.3 Å². The first-order chi connectivity index (χ1) is 21.3. The van der Waals surface area contributed by atoms with Crippen LogP contribution in [0.5, 0.6) is 0 Å². The van der Waals surface area contributed by atoms with E-state index in [9.17, 15) is 0 Å². The molecule has 0 atom stereocenters. The zero-order chi connectivity index (χ0) is 28.1. The Morgan fingerprint density at radius 3 is 1.79 bits per heavy atom. The molecule has 3 heteroatoms. The average molecular weight is 567 g/mol. The van der Waals surface area contributed by atoms with E-state index in [0.717, 1.165) is 38.5 Å². The summed E-state index contributed by atoms with van der Waals surface area (Å²) >= 11 is 1.88. The van der Waals surface area contributed by atoms with Crippen molar-refractivity contribution in [3.8, 4) is 22.3 Å². The van der Waals surface area contributed by atoms with Crippen LogP contribution in [0.4, 0.5) is 0 Å². The lowest BCUT2D eigenvalue weighted by atomic mass is 9.85. The van der Waals surface area contributed by atoms with E-state index < -0.39 is 0 Å². The van der Waals surface area contributed by atoms with Crippen molar-refractivity contribution in [3.63, 3.8) is 0 Å². The summed E-state index contributed by atoms with van der Waals surface area (Å²) in [6.07, 6.45) is 1.73. The lowest BCUT2D eigenvalue weighted by Crippen LogP contribution is -1.91. The molecule has 0 spiro atoms. The average Bonchev–Trinajstić information content (AvgIpc) is 3.77. The molecule has 200 valence electrons. The molecule has 0 aliphatic rings. The first-order valence-corrected chi connectivity index (χ1v) is 15.3. The summed E-state index contributed by atoms with van der Waals surface area (Å²) in [5.74, 6) is 0. The van der Waals surface area contributed by atoms with Crippen molar-refractivity contribution in [3.05, 3.63) is 134 Å². The van der Waals surface area contributed by atoms with E-state index in [1.165, 1.54) is 58.4 Å². The van der Waals surface area contributed by atoms with Gasteiger partial charge in [-0.1, -0.05) is 103 Å². The minimum atomic E-state index is 0.872. The summed E-state index contributed by atoms with van der Waals surface area (Å²) < 4.78 is 15.1. The van der Waals surface area contributed by atoms with Gasteiger partial charge in [-0.15, -0.1) is 11.3 Å². The summed E-state index contributed by atoms with van der Waals surface area (Å²) in [5.41, 5.74) is 7.51. The van der Waals surface area contributed by atoms with Gasteiger partial charge in [0.2, 0.25) is 0 Å². The summed E-state index contributed by atoms with van der Waals surface area (Å²) in [6.45, 7) is 0. The van der Waals surface area contributed by atoms with Gasteiger partial charge in [-0.2, -0.15) is 0 Å². The Balaban J connectivity index is 1.35. The number of rotatable bonds is 2. The number of fused-ring (bicyclic) bond motifs is 9. The van der Waals surface area contributed by atoms with Crippen LogP contribution in [0.2, 0.25) is 0 Å². The van der Waals surface area contributed by atoms with Crippen molar-refractivity contribution >= 4 is 86.0 Å². The molecule has 3 heterocycles. The summed E-state index contributed by atoms with van der Waals surface area (Å²) in [5, 5.41) is 10.8. The van der Waals surface area contributed by atoms with Crippen LogP contribution in [0.25, 0.3) is 96.9 Å². The molecule has 0 aliphatic carbocycles. The minimum Gasteiger partial charge on any atom is -0.464 e. The van der Waals surface area contributed by atoms with E-state index in [0.29, 0.717) is 0 Å². The number of hydrogen-bond acceptors (Lipinski definition) is 3. The van der Waals surface area contributed by atoms with E-state index in [1.54, 1.807) is 6.26 Å². The van der Waals surface area contributed by atoms with Crippen LogP contribution < -0.4 is 0 Å². The van der Waals surface area contributed by atoms with Gasteiger partial charge in [0.15, 0.2) is 0 Å². The van der Waals surface area contributed by atoms with Gasteiger partial charge < -0.3 is 8.83 Å². The van der Waals surface area contributed by atoms with Crippen LogP contribution in [0.1, 0.15) is 0 Å². The fraction of sp³-hybridized carbons (Fsp3) is 0. The van der Waals surface area contributed by atoms with Gasteiger partial charge in [0.25, 0.3) is 0 Å². The molecular weight excluding hydrogens is 545 g/mol. The van der Waals surface area contributed by atoms with Crippen LogP contribution in [0, 0.1) is 0 Å².